The fourth-order valence-electron chi connectivity index (χ4n) is 0.692. The zero-order chi connectivity index (χ0) is 13.1. The minimum atomic E-state index is -0.0827. The molecule has 0 saturated carbocycles. The van der Waals surface area contributed by atoms with Gasteiger partial charge < -0.3 is 17.2 Å². The first-order chi connectivity index (χ1) is 8.02. The van der Waals surface area contributed by atoms with Gasteiger partial charge in [-0.15, -0.1) is 0 Å². The largest absolute Gasteiger partial charge is 0.392 e. The van der Waals surface area contributed by atoms with Crippen molar-refractivity contribution in [2.45, 2.75) is 6.42 Å². The van der Waals surface area contributed by atoms with E-state index in [9.17, 15) is 0 Å². The average Bonchev–Trinajstić information content (AvgIpc) is 2.24. The quantitative estimate of drug-likeness (QED) is 0.331. The zero-order valence-electron chi connectivity index (χ0n) is 9.18. The summed E-state index contributed by atoms with van der Waals surface area (Å²) in [5, 5.41) is 6.88. The first-order valence-corrected chi connectivity index (χ1v) is 5.45. The molecule has 6 nitrogen and oxygen atoms in total. The first kappa shape index (κ1) is 15.1. The fourth-order valence-corrected chi connectivity index (χ4v) is 0.794. The summed E-state index contributed by atoms with van der Waals surface area (Å²) in [4.78, 5) is 7.62. The summed E-state index contributed by atoms with van der Waals surface area (Å²) in [6, 6.07) is 0. The lowest BCUT2D eigenvalue weighted by Gasteiger charge is -1.88. The van der Waals surface area contributed by atoms with Gasteiger partial charge >= 0.3 is 0 Å². The standard InChI is InChI=1S/C10H15BrN6/c11-8(12)6-17-10(15)4-2-1-3-5-16-7-9(13)14/h2-7H,1,12H2,(H3,13,14)(H2,15,17)/b4-2+,5-3-,8-6-,16-7-. The zero-order valence-corrected chi connectivity index (χ0v) is 10.8. The highest BCUT2D eigenvalue weighted by atomic mass is 79.9. The van der Waals surface area contributed by atoms with Crippen LogP contribution in [0.15, 0.2) is 45.2 Å². The number of nitrogens with two attached hydrogens (primary N) is 3. The van der Waals surface area contributed by atoms with Crippen molar-refractivity contribution in [1.29, 1.82) is 5.41 Å². The van der Waals surface area contributed by atoms with Crippen molar-refractivity contribution in [3.63, 3.8) is 0 Å². The van der Waals surface area contributed by atoms with Gasteiger partial charge in [0, 0.05) is 6.20 Å². The molecule has 7 N–H and O–H groups in total. The summed E-state index contributed by atoms with van der Waals surface area (Å²) in [5.74, 6) is 0.272. The molecule has 0 aromatic heterocycles. The van der Waals surface area contributed by atoms with Crippen LogP contribution in [0.25, 0.3) is 0 Å². The number of nitrogens with zero attached hydrogens (tertiary/aromatic N) is 2. The van der Waals surface area contributed by atoms with Crippen LogP contribution in [0.1, 0.15) is 6.42 Å². The molecule has 0 rings (SSSR count). The summed E-state index contributed by atoms with van der Waals surface area (Å²) in [7, 11) is 0. The van der Waals surface area contributed by atoms with Gasteiger partial charge in [0.15, 0.2) is 0 Å². The Balaban J connectivity index is 4.00. The van der Waals surface area contributed by atoms with Crippen LogP contribution in [-0.2, 0) is 0 Å². The molecule has 0 fully saturated rings. The molecule has 92 valence electrons. The molecule has 0 atom stereocenters. The van der Waals surface area contributed by atoms with Crippen LogP contribution in [0, 0.1) is 5.41 Å². The van der Waals surface area contributed by atoms with Gasteiger partial charge in [-0.3, -0.25) is 10.4 Å². The molecule has 0 heterocycles. The van der Waals surface area contributed by atoms with E-state index in [1.807, 2.05) is 6.08 Å². The van der Waals surface area contributed by atoms with Crippen LogP contribution in [0.5, 0.6) is 0 Å². The maximum absolute atomic E-state index is 6.88. The van der Waals surface area contributed by atoms with Gasteiger partial charge in [0.25, 0.3) is 0 Å². The molecule has 0 spiro atoms. The Morgan fingerprint density at radius 2 is 1.94 bits per heavy atom. The number of aliphatic imine (C=N–C) groups is 2. The molecule has 0 aliphatic rings. The van der Waals surface area contributed by atoms with Crippen molar-refractivity contribution >= 4 is 33.8 Å². The summed E-state index contributed by atoms with van der Waals surface area (Å²) in [6.07, 6.45) is 10.1. The van der Waals surface area contributed by atoms with Crippen LogP contribution >= 0.6 is 15.9 Å². The predicted molar refractivity (Wildman–Crippen MR) is 76.1 cm³/mol. The Labute approximate surface area is 108 Å². The molecular weight excluding hydrogens is 284 g/mol. The first-order valence-electron chi connectivity index (χ1n) is 4.65. The van der Waals surface area contributed by atoms with Gasteiger partial charge in [0.05, 0.1) is 17.0 Å². The van der Waals surface area contributed by atoms with Gasteiger partial charge in [0.1, 0.15) is 11.7 Å². The third kappa shape index (κ3) is 12.0. The molecule has 17 heavy (non-hydrogen) atoms. The number of amidine groups is 2. The molecule has 0 bridgehead atoms. The van der Waals surface area contributed by atoms with Crippen LogP contribution in [0.2, 0.25) is 0 Å². The Hall–Kier alpha value is -1.89. The lowest BCUT2D eigenvalue weighted by atomic mass is 10.3. The van der Waals surface area contributed by atoms with E-state index >= 15 is 0 Å². The van der Waals surface area contributed by atoms with E-state index < -0.39 is 0 Å². The van der Waals surface area contributed by atoms with Crippen molar-refractivity contribution < 1.29 is 0 Å². The maximum Gasteiger partial charge on any atom is 0.134 e. The van der Waals surface area contributed by atoms with Gasteiger partial charge in [-0.2, -0.15) is 0 Å². The minimum Gasteiger partial charge on any atom is -0.392 e. The molecule has 0 aromatic carbocycles. The van der Waals surface area contributed by atoms with Gasteiger partial charge in [-0.05, 0) is 28.4 Å². The second-order valence-electron chi connectivity index (χ2n) is 2.82. The topological polar surface area (TPSA) is 127 Å². The van der Waals surface area contributed by atoms with E-state index in [4.69, 9.17) is 22.6 Å². The number of nitrogens with one attached hydrogen (secondary N) is 1. The van der Waals surface area contributed by atoms with Crippen LogP contribution < -0.4 is 17.2 Å². The lowest BCUT2D eigenvalue weighted by molar-refractivity contribution is 1.36. The van der Waals surface area contributed by atoms with Crippen molar-refractivity contribution in [3.05, 3.63) is 35.2 Å². The Bertz CT molecular complexity index is 388. The number of hydrogen-bond acceptors (Lipinski definition) is 4. The number of halogens is 1. The average molecular weight is 299 g/mol. The summed E-state index contributed by atoms with van der Waals surface area (Å²) >= 11 is 3.02. The van der Waals surface area contributed by atoms with E-state index in [2.05, 4.69) is 25.9 Å². The maximum atomic E-state index is 6.88. The van der Waals surface area contributed by atoms with E-state index in [1.54, 1.807) is 18.4 Å². The van der Waals surface area contributed by atoms with E-state index in [0.29, 0.717) is 16.9 Å². The molecule has 7 heteroatoms. The summed E-state index contributed by atoms with van der Waals surface area (Å²) in [6.45, 7) is 0. The molecule has 0 unspecified atom stereocenters. The smallest absolute Gasteiger partial charge is 0.134 e. The molecule has 0 aromatic rings. The third-order valence-corrected chi connectivity index (χ3v) is 1.51. The molecule has 0 saturated heterocycles. The second-order valence-corrected chi connectivity index (χ2v) is 3.74. The highest BCUT2D eigenvalue weighted by Gasteiger charge is 1.81. The molecule has 0 radical (unpaired) electrons. The van der Waals surface area contributed by atoms with Gasteiger partial charge in [-0.1, -0.05) is 12.2 Å². The molecule has 0 aliphatic carbocycles. The normalized spacial score (nSPS) is 14.2. The molecular formula is C10H15BrN6. The highest BCUT2D eigenvalue weighted by Crippen LogP contribution is 1.94. The van der Waals surface area contributed by atoms with Crippen molar-refractivity contribution in [2.75, 3.05) is 0 Å². The monoisotopic (exact) mass is 298 g/mol. The number of allylic oxidation sites excluding steroid dienone is 2. The van der Waals surface area contributed by atoms with Crippen LogP contribution in [0.3, 0.4) is 0 Å². The third-order valence-electron chi connectivity index (χ3n) is 1.30. The van der Waals surface area contributed by atoms with E-state index in [-0.39, 0.29) is 5.84 Å². The Morgan fingerprint density at radius 3 is 2.53 bits per heavy atom. The highest BCUT2D eigenvalue weighted by molar-refractivity contribution is 9.11. The van der Waals surface area contributed by atoms with E-state index in [1.165, 1.54) is 12.4 Å². The lowest BCUT2D eigenvalue weighted by Crippen LogP contribution is -2.09. The minimum absolute atomic E-state index is 0.0827. The van der Waals surface area contributed by atoms with Gasteiger partial charge in [-0.25, -0.2) is 4.99 Å². The van der Waals surface area contributed by atoms with Crippen molar-refractivity contribution in [2.24, 2.45) is 27.2 Å². The SMILES string of the molecule is N=C(N)/C=N\C=C/C/C=C/C(N)=N\C=C(/N)Br. The predicted octanol–water partition coefficient (Wildman–Crippen LogP) is 0.963. The molecule has 0 amide bonds. The van der Waals surface area contributed by atoms with Crippen molar-refractivity contribution in [3.8, 4) is 0 Å². The Kier molecular flexibility index (Phi) is 8.31. The van der Waals surface area contributed by atoms with E-state index in [0.717, 1.165) is 0 Å². The number of hydrogen-bond donors (Lipinski definition) is 4. The summed E-state index contributed by atoms with van der Waals surface area (Å²) < 4.78 is 0.410. The van der Waals surface area contributed by atoms with Gasteiger partial charge in [0.2, 0.25) is 0 Å². The Morgan fingerprint density at radius 1 is 1.24 bits per heavy atom. The second kappa shape index (κ2) is 9.34. The fraction of sp³-hybridized carbons (Fsp3) is 0.100. The van der Waals surface area contributed by atoms with Crippen LogP contribution in [0.4, 0.5) is 0 Å². The molecule has 0 aliphatic heterocycles. The number of rotatable bonds is 6. The summed E-state index contributed by atoms with van der Waals surface area (Å²) in [5.41, 5.74) is 15.9. The van der Waals surface area contributed by atoms with Crippen molar-refractivity contribution in [1.82, 2.24) is 0 Å². The van der Waals surface area contributed by atoms with Crippen LogP contribution in [-0.4, -0.2) is 17.9 Å².